The molecule has 0 atom stereocenters. The van der Waals surface area contributed by atoms with Gasteiger partial charge in [0.05, 0.1) is 11.4 Å². The molecular formula is C20H31ClN4O2. The number of carbonyl (C=O) groups is 2. The number of hydrogen-bond donors (Lipinski definition) is 3. The number of nitrogens with zero attached hydrogens (tertiary/aromatic N) is 1. The van der Waals surface area contributed by atoms with Crippen molar-refractivity contribution in [2.45, 2.75) is 51.4 Å². The van der Waals surface area contributed by atoms with E-state index in [2.05, 4.69) is 10.6 Å². The first-order valence-corrected chi connectivity index (χ1v) is 9.77. The Labute approximate surface area is 167 Å². The van der Waals surface area contributed by atoms with E-state index < -0.39 is 0 Å². The Morgan fingerprint density at radius 1 is 0.963 bits per heavy atom. The largest absolute Gasteiger partial charge is 0.330 e. The minimum Gasteiger partial charge on any atom is -0.330 e. The highest BCUT2D eigenvalue weighted by Crippen LogP contribution is 2.38. The summed E-state index contributed by atoms with van der Waals surface area (Å²) in [7, 11) is 0. The molecule has 0 bridgehead atoms. The Bertz CT molecular complexity index is 641. The summed E-state index contributed by atoms with van der Waals surface area (Å²) in [5, 5.41) is 5.92. The average molecular weight is 395 g/mol. The number of anilines is 2. The third-order valence-electron chi connectivity index (χ3n) is 5.72. The van der Waals surface area contributed by atoms with Crippen LogP contribution in [-0.4, -0.2) is 36.5 Å². The van der Waals surface area contributed by atoms with Crippen molar-refractivity contribution in [1.82, 2.24) is 4.90 Å². The lowest BCUT2D eigenvalue weighted by molar-refractivity contribution is -0.118. The summed E-state index contributed by atoms with van der Waals surface area (Å²) in [4.78, 5) is 26.8. The van der Waals surface area contributed by atoms with E-state index in [-0.39, 0.29) is 29.8 Å². The van der Waals surface area contributed by atoms with Gasteiger partial charge in [-0.3, -0.25) is 4.79 Å². The maximum Gasteiger partial charge on any atom is 0.321 e. The fraction of sp³-hybridized carbons (Fsp3) is 0.600. The molecule has 4 N–H and O–H groups in total. The SMILES string of the molecule is Cl.NCC1(CC(=O)Nc2ccccc2NC(=O)N2CCCC2)CCCCC1. The predicted octanol–water partition coefficient (Wildman–Crippen LogP) is 3.97. The number of para-hydroxylation sites is 2. The van der Waals surface area contributed by atoms with E-state index >= 15 is 0 Å². The molecule has 1 heterocycles. The van der Waals surface area contributed by atoms with Crippen LogP contribution in [0.15, 0.2) is 24.3 Å². The zero-order valence-corrected chi connectivity index (χ0v) is 16.7. The highest BCUT2D eigenvalue weighted by molar-refractivity contribution is 5.99. The van der Waals surface area contributed by atoms with Crippen LogP contribution >= 0.6 is 12.4 Å². The fourth-order valence-corrected chi connectivity index (χ4v) is 4.11. The second-order valence-electron chi connectivity index (χ2n) is 7.66. The van der Waals surface area contributed by atoms with Gasteiger partial charge in [-0.15, -0.1) is 12.4 Å². The Balaban J connectivity index is 0.00000261. The number of likely N-dealkylation sites (tertiary alicyclic amines) is 1. The normalized spacial score (nSPS) is 18.5. The lowest BCUT2D eigenvalue weighted by Gasteiger charge is -2.35. The number of hydrogen-bond acceptors (Lipinski definition) is 3. The number of halogens is 1. The monoisotopic (exact) mass is 394 g/mol. The molecule has 0 unspecified atom stereocenters. The minimum absolute atomic E-state index is 0. The zero-order valence-electron chi connectivity index (χ0n) is 15.8. The molecule has 7 heteroatoms. The van der Waals surface area contributed by atoms with Gasteiger partial charge in [-0.2, -0.15) is 0 Å². The first-order valence-electron chi connectivity index (χ1n) is 9.77. The molecule has 3 amide bonds. The number of carbonyl (C=O) groups excluding carboxylic acids is 2. The van der Waals surface area contributed by atoms with Gasteiger partial charge in [-0.05, 0) is 49.8 Å². The maximum atomic E-state index is 12.6. The molecule has 0 aromatic heterocycles. The van der Waals surface area contributed by atoms with Gasteiger partial charge in [0.25, 0.3) is 0 Å². The summed E-state index contributed by atoms with van der Waals surface area (Å²) in [6.45, 7) is 2.13. The Hall–Kier alpha value is -1.79. The van der Waals surface area contributed by atoms with Crippen molar-refractivity contribution in [1.29, 1.82) is 0 Å². The van der Waals surface area contributed by atoms with E-state index in [4.69, 9.17) is 5.73 Å². The molecule has 3 rings (SSSR count). The quantitative estimate of drug-likeness (QED) is 0.705. The second kappa shape index (κ2) is 9.95. The third kappa shape index (κ3) is 5.59. The standard InChI is InChI=1S/C20H30N4O2.ClH/c21-15-20(10-4-1-5-11-20)14-18(25)22-16-8-2-3-9-17(16)23-19(26)24-12-6-7-13-24;/h2-3,8-9H,1,4-7,10-15,21H2,(H,22,25)(H,23,26);1H. The summed E-state index contributed by atoms with van der Waals surface area (Å²) in [5.41, 5.74) is 7.22. The molecule has 0 radical (unpaired) electrons. The van der Waals surface area contributed by atoms with Crippen LogP contribution in [0.1, 0.15) is 51.4 Å². The van der Waals surface area contributed by atoms with E-state index in [1.807, 2.05) is 29.2 Å². The van der Waals surface area contributed by atoms with Crippen LogP contribution in [-0.2, 0) is 4.79 Å². The molecule has 27 heavy (non-hydrogen) atoms. The van der Waals surface area contributed by atoms with E-state index in [9.17, 15) is 9.59 Å². The smallest absolute Gasteiger partial charge is 0.321 e. The fourth-order valence-electron chi connectivity index (χ4n) is 4.11. The second-order valence-corrected chi connectivity index (χ2v) is 7.66. The average Bonchev–Trinajstić information content (AvgIpc) is 3.19. The number of rotatable bonds is 5. The van der Waals surface area contributed by atoms with Crippen LogP contribution in [0.25, 0.3) is 0 Å². The Morgan fingerprint density at radius 3 is 2.15 bits per heavy atom. The predicted molar refractivity (Wildman–Crippen MR) is 111 cm³/mol. The highest BCUT2D eigenvalue weighted by atomic mass is 35.5. The molecule has 0 spiro atoms. The van der Waals surface area contributed by atoms with E-state index in [0.717, 1.165) is 51.6 Å². The Kier molecular flexibility index (Phi) is 7.92. The van der Waals surface area contributed by atoms with Gasteiger partial charge < -0.3 is 21.3 Å². The lowest BCUT2D eigenvalue weighted by atomic mass is 9.71. The van der Waals surface area contributed by atoms with Crippen molar-refractivity contribution >= 4 is 35.7 Å². The molecule has 1 aliphatic carbocycles. The van der Waals surface area contributed by atoms with Gasteiger partial charge in [0, 0.05) is 19.5 Å². The number of benzene rings is 1. The van der Waals surface area contributed by atoms with Crippen LogP contribution in [0.2, 0.25) is 0 Å². The molecule has 2 fully saturated rings. The van der Waals surface area contributed by atoms with Crippen molar-refractivity contribution in [3.8, 4) is 0 Å². The van der Waals surface area contributed by atoms with Gasteiger partial charge in [-0.25, -0.2) is 4.79 Å². The first-order chi connectivity index (χ1) is 12.6. The van der Waals surface area contributed by atoms with Crippen LogP contribution in [0.5, 0.6) is 0 Å². The van der Waals surface area contributed by atoms with Gasteiger partial charge in [0.1, 0.15) is 0 Å². The van der Waals surface area contributed by atoms with Gasteiger partial charge in [-0.1, -0.05) is 31.4 Å². The van der Waals surface area contributed by atoms with E-state index in [1.54, 1.807) is 0 Å². The molecule has 150 valence electrons. The van der Waals surface area contributed by atoms with E-state index in [1.165, 1.54) is 6.42 Å². The van der Waals surface area contributed by atoms with E-state index in [0.29, 0.717) is 24.3 Å². The molecule has 6 nitrogen and oxygen atoms in total. The van der Waals surface area contributed by atoms with Crippen LogP contribution < -0.4 is 16.4 Å². The highest BCUT2D eigenvalue weighted by Gasteiger charge is 2.33. The summed E-state index contributed by atoms with van der Waals surface area (Å²) in [6, 6.07) is 7.27. The lowest BCUT2D eigenvalue weighted by Crippen LogP contribution is -2.36. The van der Waals surface area contributed by atoms with Crippen molar-refractivity contribution in [2.75, 3.05) is 30.3 Å². The van der Waals surface area contributed by atoms with Crippen LogP contribution in [0.4, 0.5) is 16.2 Å². The van der Waals surface area contributed by atoms with Gasteiger partial charge >= 0.3 is 6.03 Å². The van der Waals surface area contributed by atoms with Crippen molar-refractivity contribution < 1.29 is 9.59 Å². The number of nitrogens with two attached hydrogens (primary N) is 1. The zero-order chi connectivity index (χ0) is 18.4. The van der Waals surface area contributed by atoms with Gasteiger partial charge in [0.2, 0.25) is 5.91 Å². The van der Waals surface area contributed by atoms with Crippen molar-refractivity contribution in [3.63, 3.8) is 0 Å². The number of amides is 3. The topological polar surface area (TPSA) is 87.5 Å². The molecule has 1 saturated heterocycles. The maximum absolute atomic E-state index is 12.6. The molecular weight excluding hydrogens is 364 g/mol. The molecule has 1 aromatic carbocycles. The van der Waals surface area contributed by atoms with Crippen molar-refractivity contribution in [3.05, 3.63) is 24.3 Å². The number of urea groups is 1. The molecule has 1 aromatic rings. The Morgan fingerprint density at radius 2 is 1.56 bits per heavy atom. The van der Waals surface area contributed by atoms with Crippen LogP contribution in [0, 0.1) is 5.41 Å². The first kappa shape index (κ1) is 21.5. The molecule has 1 aliphatic heterocycles. The van der Waals surface area contributed by atoms with Crippen LogP contribution in [0.3, 0.4) is 0 Å². The molecule has 1 saturated carbocycles. The van der Waals surface area contributed by atoms with Crippen molar-refractivity contribution in [2.24, 2.45) is 11.1 Å². The summed E-state index contributed by atoms with van der Waals surface area (Å²) < 4.78 is 0. The summed E-state index contributed by atoms with van der Waals surface area (Å²) in [5.74, 6) is -0.0276. The third-order valence-corrected chi connectivity index (χ3v) is 5.72. The number of nitrogens with one attached hydrogen (secondary N) is 2. The summed E-state index contributed by atoms with van der Waals surface area (Å²) >= 11 is 0. The van der Waals surface area contributed by atoms with Gasteiger partial charge in [0.15, 0.2) is 0 Å². The summed E-state index contributed by atoms with van der Waals surface area (Å²) in [6.07, 6.45) is 8.10. The minimum atomic E-state index is -0.102. The molecule has 2 aliphatic rings.